The minimum atomic E-state index is -2.68. The van der Waals surface area contributed by atoms with Crippen molar-refractivity contribution in [1.82, 2.24) is 0 Å². The largest absolute Gasteiger partial charge is 0.310 e. The van der Waals surface area contributed by atoms with Crippen LogP contribution in [0.1, 0.15) is 17.5 Å². The van der Waals surface area contributed by atoms with Gasteiger partial charge in [0.1, 0.15) is 11.5 Å². The van der Waals surface area contributed by atoms with Crippen LogP contribution in [0, 0.1) is 5.82 Å². The first-order chi connectivity index (χ1) is 15.0. The van der Waals surface area contributed by atoms with Crippen molar-refractivity contribution < 1.29 is 18.0 Å². The summed E-state index contributed by atoms with van der Waals surface area (Å²) in [6, 6.07) is 21.5. The van der Waals surface area contributed by atoms with Crippen LogP contribution in [0.3, 0.4) is 0 Å². The number of carbonyl (C=O) groups excluding carboxylic acids is 1. The van der Waals surface area contributed by atoms with Gasteiger partial charge in [0, 0.05) is 23.2 Å². The summed E-state index contributed by atoms with van der Waals surface area (Å²) >= 11 is 0. The van der Waals surface area contributed by atoms with E-state index in [1.807, 2.05) is 48.5 Å². The molecule has 156 valence electrons. The first-order valence-electron chi connectivity index (χ1n) is 9.63. The minimum Gasteiger partial charge on any atom is -0.310 e. The molecule has 0 N–H and O–H groups in total. The Kier molecular flexibility index (Phi) is 5.93. The predicted molar refractivity (Wildman–Crippen MR) is 115 cm³/mol. The first-order valence-corrected chi connectivity index (χ1v) is 9.63. The average Bonchev–Trinajstić information content (AvgIpc) is 3.30. The number of anilines is 1. The van der Waals surface area contributed by atoms with Crippen LogP contribution in [-0.2, 0) is 11.3 Å². The van der Waals surface area contributed by atoms with E-state index in [0.29, 0.717) is 28.9 Å². The Morgan fingerprint density at radius 1 is 0.903 bits per heavy atom. The molecule has 0 radical (unpaired) electrons. The summed E-state index contributed by atoms with van der Waals surface area (Å²) in [5.41, 5.74) is 3.24. The number of amides is 1. The molecule has 1 aliphatic rings. The fraction of sp³-hybridized carbons (Fsp3) is 0.125. The molecule has 0 spiro atoms. The summed E-state index contributed by atoms with van der Waals surface area (Å²) in [5.74, 6) is -0.545. The molecule has 3 aromatic rings. The standard InChI is InChI=1S/C24H18F3N3O/c25-21-12-18(22-13-23(24(26)27)29-28-22)9-10-19(21)14-30(15-31)20-8-4-7-17(11-20)16-5-2-1-3-6-16/h1-12,15,24H,13-14H2. The van der Waals surface area contributed by atoms with Crippen molar-refractivity contribution in [3.63, 3.8) is 0 Å². The molecule has 0 aliphatic carbocycles. The molecule has 3 aromatic carbocycles. The lowest BCUT2D eigenvalue weighted by atomic mass is 10.0. The second-order valence-corrected chi connectivity index (χ2v) is 7.07. The molecule has 0 unspecified atom stereocenters. The quantitative estimate of drug-likeness (QED) is 0.467. The van der Waals surface area contributed by atoms with Crippen LogP contribution in [-0.4, -0.2) is 24.3 Å². The van der Waals surface area contributed by atoms with Crippen LogP contribution in [0.25, 0.3) is 11.1 Å². The normalized spacial score (nSPS) is 13.2. The molecule has 1 heterocycles. The van der Waals surface area contributed by atoms with Gasteiger partial charge in [-0.15, -0.1) is 0 Å². The van der Waals surface area contributed by atoms with E-state index in [1.54, 1.807) is 12.1 Å². The van der Waals surface area contributed by atoms with Crippen LogP contribution in [0.5, 0.6) is 0 Å². The van der Waals surface area contributed by atoms with Crippen LogP contribution in [0.2, 0.25) is 0 Å². The second kappa shape index (κ2) is 8.95. The van der Waals surface area contributed by atoms with E-state index in [2.05, 4.69) is 10.2 Å². The zero-order valence-corrected chi connectivity index (χ0v) is 16.4. The molecular weight excluding hydrogens is 403 g/mol. The number of carbonyl (C=O) groups is 1. The lowest BCUT2D eigenvalue weighted by molar-refractivity contribution is -0.107. The molecule has 31 heavy (non-hydrogen) atoms. The summed E-state index contributed by atoms with van der Waals surface area (Å²) in [5, 5.41) is 7.19. The zero-order valence-electron chi connectivity index (χ0n) is 16.4. The van der Waals surface area contributed by atoms with Crippen LogP contribution < -0.4 is 4.90 Å². The molecule has 1 aliphatic heterocycles. The van der Waals surface area contributed by atoms with Crippen molar-refractivity contribution >= 4 is 23.5 Å². The van der Waals surface area contributed by atoms with Gasteiger partial charge in [0.2, 0.25) is 6.41 Å². The average molecular weight is 421 g/mol. The highest BCUT2D eigenvalue weighted by Crippen LogP contribution is 2.26. The van der Waals surface area contributed by atoms with Crippen molar-refractivity contribution in [2.45, 2.75) is 19.4 Å². The second-order valence-electron chi connectivity index (χ2n) is 7.07. The molecule has 0 saturated heterocycles. The number of hydrogen-bond acceptors (Lipinski definition) is 3. The summed E-state index contributed by atoms with van der Waals surface area (Å²) in [6.45, 7) is 0.0269. The van der Waals surface area contributed by atoms with Gasteiger partial charge in [-0.1, -0.05) is 54.6 Å². The minimum absolute atomic E-state index is 0.0269. The SMILES string of the molecule is O=CN(Cc1ccc(C2=NN=C(C(F)F)C2)cc1F)c1cccc(-c2ccccc2)c1. The summed E-state index contributed by atoms with van der Waals surface area (Å²) < 4.78 is 40.2. The fourth-order valence-electron chi connectivity index (χ4n) is 3.37. The maximum atomic E-state index is 14.7. The van der Waals surface area contributed by atoms with Crippen molar-refractivity contribution in [3.05, 3.63) is 89.7 Å². The fourth-order valence-corrected chi connectivity index (χ4v) is 3.37. The molecule has 0 bridgehead atoms. The smallest absolute Gasteiger partial charge is 0.278 e. The Morgan fingerprint density at radius 3 is 2.35 bits per heavy atom. The Morgan fingerprint density at radius 2 is 1.68 bits per heavy atom. The van der Waals surface area contributed by atoms with E-state index in [-0.39, 0.29) is 18.7 Å². The molecule has 4 nitrogen and oxygen atoms in total. The van der Waals surface area contributed by atoms with Gasteiger partial charge in [-0.05, 0) is 29.3 Å². The summed E-state index contributed by atoms with van der Waals surface area (Å²) in [7, 11) is 0. The number of alkyl halides is 2. The van der Waals surface area contributed by atoms with Gasteiger partial charge in [0.25, 0.3) is 6.43 Å². The highest BCUT2D eigenvalue weighted by molar-refractivity contribution is 6.15. The van der Waals surface area contributed by atoms with E-state index in [1.165, 1.54) is 17.0 Å². The van der Waals surface area contributed by atoms with Crippen molar-refractivity contribution in [3.8, 4) is 11.1 Å². The first kappa shape index (κ1) is 20.5. The zero-order chi connectivity index (χ0) is 21.8. The van der Waals surface area contributed by atoms with Crippen molar-refractivity contribution in [2.75, 3.05) is 4.90 Å². The van der Waals surface area contributed by atoms with E-state index in [0.717, 1.165) is 11.1 Å². The topological polar surface area (TPSA) is 45.0 Å². The number of rotatable bonds is 7. The van der Waals surface area contributed by atoms with Crippen LogP contribution >= 0.6 is 0 Å². The predicted octanol–water partition coefficient (Wildman–Crippen LogP) is 5.47. The Balaban J connectivity index is 1.53. The van der Waals surface area contributed by atoms with Gasteiger partial charge >= 0.3 is 0 Å². The monoisotopic (exact) mass is 421 g/mol. The maximum absolute atomic E-state index is 14.7. The van der Waals surface area contributed by atoms with Gasteiger partial charge in [-0.3, -0.25) is 4.79 Å². The third-order valence-corrected chi connectivity index (χ3v) is 5.04. The lowest BCUT2D eigenvalue weighted by Gasteiger charge is -2.19. The summed E-state index contributed by atoms with van der Waals surface area (Å²) in [6.07, 6.45) is -2.14. The third kappa shape index (κ3) is 4.55. The third-order valence-electron chi connectivity index (χ3n) is 5.04. The molecular formula is C24H18F3N3O. The van der Waals surface area contributed by atoms with E-state index < -0.39 is 12.2 Å². The van der Waals surface area contributed by atoms with Crippen molar-refractivity contribution in [2.24, 2.45) is 10.2 Å². The number of nitrogens with zero attached hydrogens (tertiary/aromatic N) is 3. The van der Waals surface area contributed by atoms with Crippen LogP contribution in [0.15, 0.2) is 83.0 Å². The number of halogens is 3. The Bertz CT molecular complexity index is 1160. The molecule has 7 heteroatoms. The molecule has 0 atom stereocenters. The number of benzene rings is 3. The molecule has 1 amide bonds. The Hall–Kier alpha value is -3.74. The van der Waals surface area contributed by atoms with Crippen molar-refractivity contribution in [1.29, 1.82) is 0 Å². The van der Waals surface area contributed by atoms with Crippen LogP contribution in [0.4, 0.5) is 18.9 Å². The highest BCUT2D eigenvalue weighted by Gasteiger charge is 2.22. The van der Waals surface area contributed by atoms with Gasteiger partial charge in [-0.25, -0.2) is 13.2 Å². The molecule has 4 rings (SSSR count). The van der Waals surface area contributed by atoms with E-state index in [9.17, 15) is 18.0 Å². The van der Waals surface area contributed by atoms with E-state index >= 15 is 0 Å². The van der Waals surface area contributed by atoms with Gasteiger partial charge in [-0.2, -0.15) is 10.2 Å². The lowest BCUT2D eigenvalue weighted by Crippen LogP contribution is -2.21. The highest BCUT2D eigenvalue weighted by atomic mass is 19.3. The van der Waals surface area contributed by atoms with Gasteiger partial charge in [0.05, 0.1) is 12.3 Å². The maximum Gasteiger partial charge on any atom is 0.278 e. The molecule has 0 saturated carbocycles. The summed E-state index contributed by atoms with van der Waals surface area (Å²) in [4.78, 5) is 13.2. The van der Waals surface area contributed by atoms with E-state index in [4.69, 9.17) is 0 Å². The van der Waals surface area contributed by atoms with Gasteiger partial charge in [0.15, 0.2) is 0 Å². The number of hydrogen-bond donors (Lipinski definition) is 0. The molecule has 0 aromatic heterocycles. The Labute approximate surface area is 177 Å². The molecule has 0 fully saturated rings. The van der Waals surface area contributed by atoms with Gasteiger partial charge < -0.3 is 4.90 Å².